The molecule has 0 amide bonds. The average Bonchev–Trinajstić information content (AvgIpc) is 2.37. The lowest BCUT2D eigenvalue weighted by Gasteiger charge is -2.09. The van der Waals surface area contributed by atoms with E-state index in [4.69, 9.17) is 10.5 Å². The fraction of sp³-hybridized carbons (Fsp3) is 0.154. The van der Waals surface area contributed by atoms with Gasteiger partial charge < -0.3 is 10.5 Å². The highest BCUT2D eigenvalue weighted by Crippen LogP contribution is 2.21. The van der Waals surface area contributed by atoms with E-state index >= 15 is 0 Å². The van der Waals surface area contributed by atoms with Gasteiger partial charge in [-0.3, -0.25) is 0 Å². The number of anilines is 1. The maximum Gasteiger partial charge on any atom is 0.232 e. The Bertz CT molecular complexity index is 667. The molecule has 1 heterocycles. The normalized spacial score (nSPS) is 11.2. The van der Waals surface area contributed by atoms with Crippen LogP contribution in [0.1, 0.15) is 5.56 Å². The largest absolute Gasteiger partial charge is 0.472 e. The molecule has 0 atom stereocenters. The Morgan fingerprint density at radius 3 is 2.53 bits per heavy atom. The molecule has 0 bridgehead atoms. The molecule has 0 saturated heterocycles. The molecule has 0 aliphatic carbocycles. The molecule has 6 heteroatoms. The summed E-state index contributed by atoms with van der Waals surface area (Å²) in [6.07, 6.45) is 2.62. The summed E-state index contributed by atoms with van der Waals surface area (Å²) in [5, 5.41) is 0. The Morgan fingerprint density at radius 1 is 1.21 bits per heavy atom. The molecule has 1 aromatic carbocycles. The van der Waals surface area contributed by atoms with Crippen molar-refractivity contribution < 1.29 is 13.2 Å². The summed E-state index contributed by atoms with van der Waals surface area (Å²) in [6, 6.07) is 10.2. The number of aromatic nitrogens is 1. The molecule has 2 N–H and O–H groups in total. The monoisotopic (exact) mass is 278 g/mol. The fourth-order valence-electron chi connectivity index (χ4n) is 1.53. The molecule has 19 heavy (non-hydrogen) atoms. The van der Waals surface area contributed by atoms with E-state index < -0.39 is 9.84 Å². The smallest absolute Gasteiger partial charge is 0.232 e. The van der Waals surface area contributed by atoms with Crippen LogP contribution in [0.25, 0.3) is 0 Å². The molecule has 0 aliphatic rings. The summed E-state index contributed by atoms with van der Waals surface area (Å²) in [7, 11) is -3.35. The van der Waals surface area contributed by atoms with Crippen molar-refractivity contribution in [3.8, 4) is 5.88 Å². The molecule has 2 aromatic rings. The molecule has 0 aliphatic heterocycles. The first-order valence-electron chi connectivity index (χ1n) is 5.59. The quantitative estimate of drug-likeness (QED) is 0.860. The molecule has 100 valence electrons. The summed E-state index contributed by atoms with van der Waals surface area (Å²) in [5.41, 5.74) is 7.14. The van der Waals surface area contributed by atoms with Gasteiger partial charge in [0.2, 0.25) is 5.88 Å². The van der Waals surface area contributed by atoms with Gasteiger partial charge in [-0.2, -0.15) is 0 Å². The SMILES string of the molecule is CS(=O)(=O)c1cccnc1OCc1ccc(N)cc1. The lowest BCUT2D eigenvalue weighted by Crippen LogP contribution is -2.05. The van der Waals surface area contributed by atoms with Crippen LogP contribution in [0.5, 0.6) is 5.88 Å². The lowest BCUT2D eigenvalue weighted by atomic mass is 10.2. The topological polar surface area (TPSA) is 82.3 Å². The fourth-order valence-corrected chi connectivity index (χ4v) is 2.29. The second kappa shape index (κ2) is 5.27. The number of nitrogens with two attached hydrogens (primary N) is 1. The van der Waals surface area contributed by atoms with Crippen molar-refractivity contribution in [2.75, 3.05) is 12.0 Å². The third kappa shape index (κ3) is 3.45. The van der Waals surface area contributed by atoms with Crippen molar-refractivity contribution in [2.45, 2.75) is 11.5 Å². The van der Waals surface area contributed by atoms with E-state index in [-0.39, 0.29) is 17.4 Å². The highest BCUT2D eigenvalue weighted by atomic mass is 32.2. The maximum absolute atomic E-state index is 11.6. The number of rotatable bonds is 4. The highest BCUT2D eigenvalue weighted by Gasteiger charge is 2.15. The number of pyridine rings is 1. The van der Waals surface area contributed by atoms with Crippen LogP contribution in [0, 0.1) is 0 Å². The van der Waals surface area contributed by atoms with Gasteiger partial charge in [0.15, 0.2) is 9.84 Å². The molecule has 0 saturated carbocycles. The number of hydrogen-bond acceptors (Lipinski definition) is 5. The van der Waals surface area contributed by atoms with Gasteiger partial charge in [-0.15, -0.1) is 0 Å². The van der Waals surface area contributed by atoms with E-state index in [1.807, 2.05) is 12.1 Å². The van der Waals surface area contributed by atoms with Gasteiger partial charge in [0.05, 0.1) is 0 Å². The van der Waals surface area contributed by atoms with Crippen molar-refractivity contribution in [1.82, 2.24) is 4.98 Å². The molecule has 2 rings (SSSR count). The number of benzene rings is 1. The van der Waals surface area contributed by atoms with E-state index in [2.05, 4.69) is 4.98 Å². The first-order chi connectivity index (χ1) is 8.97. The van der Waals surface area contributed by atoms with E-state index in [9.17, 15) is 8.42 Å². The standard InChI is InChI=1S/C13H14N2O3S/c1-19(16,17)12-3-2-8-15-13(12)18-9-10-4-6-11(14)7-5-10/h2-8H,9,14H2,1H3. The van der Waals surface area contributed by atoms with Crippen LogP contribution in [0.3, 0.4) is 0 Å². The van der Waals surface area contributed by atoms with Crippen LogP contribution in [0.4, 0.5) is 5.69 Å². The summed E-state index contributed by atoms with van der Waals surface area (Å²) >= 11 is 0. The zero-order valence-electron chi connectivity index (χ0n) is 10.4. The molecule has 0 unspecified atom stereocenters. The van der Waals surface area contributed by atoms with Gasteiger partial charge in [0.1, 0.15) is 11.5 Å². The molecular formula is C13H14N2O3S. The molecular weight excluding hydrogens is 264 g/mol. The minimum absolute atomic E-state index is 0.0884. The first kappa shape index (κ1) is 13.4. The second-order valence-corrected chi connectivity index (χ2v) is 6.09. The van der Waals surface area contributed by atoms with Gasteiger partial charge in [0, 0.05) is 18.1 Å². The Hall–Kier alpha value is -2.08. The Kier molecular flexibility index (Phi) is 3.71. The van der Waals surface area contributed by atoms with E-state index in [1.54, 1.807) is 18.2 Å². The van der Waals surface area contributed by atoms with E-state index in [0.29, 0.717) is 5.69 Å². The molecule has 0 fully saturated rings. The molecule has 1 aromatic heterocycles. The summed E-state index contributed by atoms with van der Waals surface area (Å²) in [4.78, 5) is 4.04. The Labute approximate surface area is 112 Å². The van der Waals surface area contributed by atoms with Crippen molar-refractivity contribution >= 4 is 15.5 Å². The van der Waals surface area contributed by atoms with Crippen LogP contribution in [-0.2, 0) is 16.4 Å². The Morgan fingerprint density at radius 2 is 1.89 bits per heavy atom. The van der Waals surface area contributed by atoms with E-state index in [1.165, 1.54) is 12.3 Å². The number of nitrogen functional groups attached to an aromatic ring is 1. The maximum atomic E-state index is 11.6. The third-order valence-corrected chi connectivity index (χ3v) is 3.60. The van der Waals surface area contributed by atoms with Gasteiger partial charge >= 0.3 is 0 Å². The van der Waals surface area contributed by atoms with Crippen molar-refractivity contribution in [3.05, 3.63) is 48.2 Å². The molecule has 5 nitrogen and oxygen atoms in total. The second-order valence-electron chi connectivity index (χ2n) is 4.11. The first-order valence-corrected chi connectivity index (χ1v) is 7.48. The average molecular weight is 278 g/mol. The third-order valence-electron chi connectivity index (χ3n) is 2.49. The summed E-state index contributed by atoms with van der Waals surface area (Å²) in [6.45, 7) is 0.236. The zero-order valence-corrected chi connectivity index (χ0v) is 11.2. The summed E-state index contributed by atoms with van der Waals surface area (Å²) < 4.78 is 28.6. The van der Waals surface area contributed by atoms with Crippen LogP contribution in [-0.4, -0.2) is 19.7 Å². The van der Waals surface area contributed by atoms with Crippen LogP contribution >= 0.6 is 0 Å². The minimum atomic E-state index is -3.35. The van der Waals surface area contributed by atoms with Crippen molar-refractivity contribution in [2.24, 2.45) is 0 Å². The van der Waals surface area contributed by atoms with Crippen LogP contribution in [0.15, 0.2) is 47.5 Å². The van der Waals surface area contributed by atoms with Gasteiger partial charge in [0.25, 0.3) is 0 Å². The number of hydrogen-bond donors (Lipinski definition) is 1. The highest BCUT2D eigenvalue weighted by molar-refractivity contribution is 7.90. The van der Waals surface area contributed by atoms with Gasteiger partial charge in [-0.05, 0) is 29.8 Å². The van der Waals surface area contributed by atoms with Crippen LogP contribution in [0.2, 0.25) is 0 Å². The van der Waals surface area contributed by atoms with E-state index in [0.717, 1.165) is 11.8 Å². The minimum Gasteiger partial charge on any atom is -0.472 e. The van der Waals surface area contributed by atoms with Crippen LogP contribution < -0.4 is 10.5 Å². The number of ether oxygens (including phenoxy) is 1. The summed E-state index contributed by atoms with van der Waals surface area (Å²) in [5.74, 6) is 0.113. The van der Waals surface area contributed by atoms with Gasteiger partial charge in [-0.25, -0.2) is 13.4 Å². The van der Waals surface area contributed by atoms with Crippen molar-refractivity contribution in [3.63, 3.8) is 0 Å². The number of sulfone groups is 1. The molecule has 0 spiro atoms. The zero-order chi connectivity index (χ0) is 13.9. The van der Waals surface area contributed by atoms with Gasteiger partial charge in [-0.1, -0.05) is 12.1 Å². The van der Waals surface area contributed by atoms with Crippen molar-refractivity contribution in [1.29, 1.82) is 0 Å². The predicted molar refractivity (Wildman–Crippen MR) is 72.5 cm³/mol. The molecule has 0 radical (unpaired) electrons. The number of nitrogens with zero attached hydrogens (tertiary/aromatic N) is 1. The lowest BCUT2D eigenvalue weighted by molar-refractivity contribution is 0.285. The Balaban J connectivity index is 2.18. The predicted octanol–water partition coefficient (Wildman–Crippen LogP) is 1.65.